The van der Waals surface area contributed by atoms with Crippen LogP contribution in [0, 0.1) is 13.8 Å². The third-order valence-electron chi connectivity index (χ3n) is 7.95. The van der Waals surface area contributed by atoms with Crippen molar-refractivity contribution in [3.05, 3.63) is 113 Å². The number of aromatic nitrogens is 4. The highest BCUT2D eigenvalue weighted by molar-refractivity contribution is 5.94. The van der Waals surface area contributed by atoms with Crippen LogP contribution in [-0.4, -0.2) is 30.2 Å². The van der Waals surface area contributed by atoms with E-state index in [1.807, 2.05) is 54.1 Å². The Bertz CT molecular complexity index is 2150. The molecule has 0 aliphatic heterocycles. The zero-order valence-corrected chi connectivity index (χ0v) is 23.8. The lowest BCUT2D eigenvalue weighted by Crippen LogP contribution is -2.06. The molecule has 7 nitrogen and oxygen atoms in total. The van der Waals surface area contributed by atoms with E-state index in [9.17, 15) is 9.90 Å². The molecule has 0 fully saturated rings. The van der Waals surface area contributed by atoms with Crippen LogP contribution in [0.4, 0.5) is 0 Å². The monoisotopic (exact) mass is 554 g/mol. The van der Waals surface area contributed by atoms with E-state index < -0.39 is 5.97 Å². The number of imidazole rings is 1. The SMILES string of the molecule is CCCc1nc2c(C)cc(-c3nc4cccc(C)c4o3)cc2n1Cc1ccc2c(ccn2-c2ccccc2C(=O)O)c1. The summed E-state index contributed by atoms with van der Waals surface area (Å²) in [5.74, 6) is 0.717. The van der Waals surface area contributed by atoms with E-state index >= 15 is 0 Å². The van der Waals surface area contributed by atoms with Crippen molar-refractivity contribution in [2.24, 2.45) is 0 Å². The Morgan fingerprint density at radius 2 is 1.76 bits per heavy atom. The van der Waals surface area contributed by atoms with E-state index in [4.69, 9.17) is 14.4 Å². The quantitative estimate of drug-likeness (QED) is 0.215. The molecular formula is C35H30N4O3. The van der Waals surface area contributed by atoms with E-state index in [0.717, 1.165) is 74.0 Å². The lowest BCUT2D eigenvalue weighted by atomic mass is 10.1. The summed E-state index contributed by atoms with van der Waals surface area (Å²) in [5, 5.41) is 10.8. The molecular weight excluding hydrogens is 524 g/mol. The molecule has 0 saturated heterocycles. The summed E-state index contributed by atoms with van der Waals surface area (Å²) in [7, 11) is 0. The third-order valence-corrected chi connectivity index (χ3v) is 7.95. The molecule has 208 valence electrons. The van der Waals surface area contributed by atoms with Crippen molar-refractivity contribution in [1.82, 2.24) is 19.1 Å². The number of para-hydroxylation sites is 2. The number of oxazole rings is 1. The largest absolute Gasteiger partial charge is 0.478 e. The van der Waals surface area contributed by atoms with Crippen LogP contribution in [0.1, 0.15) is 46.2 Å². The molecule has 0 aliphatic rings. The number of hydrogen-bond donors (Lipinski definition) is 1. The summed E-state index contributed by atoms with van der Waals surface area (Å²) < 4.78 is 10.5. The van der Waals surface area contributed by atoms with Gasteiger partial charge in [-0.05, 0) is 85.5 Å². The van der Waals surface area contributed by atoms with Gasteiger partial charge in [-0.1, -0.05) is 37.3 Å². The number of carboxylic acid groups (broad SMARTS) is 1. The van der Waals surface area contributed by atoms with Crippen molar-refractivity contribution in [2.75, 3.05) is 0 Å². The summed E-state index contributed by atoms with van der Waals surface area (Å²) in [4.78, 5) is 21.7. The summed E-state index contributed by atoms with van der Waals surface area (Å²) in [6.45, 7) is 6.96. The number of fused-ring (bicyclic) bond motifs is 3. The van der Waals surface area contributed by atoms with Gasteiger partial charge in [0, 0.05) is 30.1 Å². The van der Waals surface area contributed by atoms with Crippen LogP contribution < -0.4 is 0 Å². The van der Waals surface area contributed by atoms with Gasteiger partial charge in [-0.15, -0.1) is 0 Å². The van der Waals surface area contributed by atoms with Crippen molar-refractivity contribution in [1.29, 1.82) is 0 Å². The molecule has 7 heteroatoms. The number of carbonyl (C=O) groups is 1. The fraction of sp³-hybridized carbons (Fsp3) is 0.171. The van der Waals surface area contributed by atoms with Gasteiger partial charge in [0.15, 0.2) is 5.58 Å². The fourth-order valence-electron chi connectivity index (χ4n) is 5.91. The first-order valence-corrected chi connectivity index (χ1v) is 14.2. The topological polar surface area (TPSA) is 86.1 Å². The lowest BCUT2D eigenvalue weighted by Gasteiger charge is -2.12. The second kappa shape index (κ2) is 10.0. The smallest absolute Gasteiger partial charge is 0.337 e. The number of carboxylic acids is 1. The summed E-state index contributed by atoms with van der Waals surface area (Å²) >= 11 is 0. The predicted octanol–water partition coefficient (Wildman–Crippen LogP) is 8.10. The third kappa shape index (κ3) is 4.25. The first-order valence-electron chi connectivity index (χ1n) is 14.2. The van der Waals surface area contributed by atoms with Crippen molar-refractivity contribution < 1.29 is 14.3 Å². The molecule has 0 radical (unpaired) electrons. The molecule has 0 amide bonds. The Balaban J connectivity index is 1.31. The van der Waals surface area contributed by atoms with Crippen LogP contribution in [0.5, 0.6) is 0 Å². The molecule has 3 heterocycles. The van der Waals surface area contributed by atoms with Gasteiger partial charge in [0.1, 0.15) is 11.3 Å². The molecule has 7 aromatic rings. The van der Waals surface area contributed by atoms with Gasteiger partial charge >= 0.3 is 5.97 Å². The van der Waals surface area contributed by atoms with Crippen molar-refractivity contribution in [3.8, 4) is 17.1 Å². The van der Waals surface area contributed by atoms with E-state index in [-0.39, 0.29) is 5.56 Å². The summed E-state index contributed by atoms with van der Waals surface area (Å²) in [6.07, 6.45) is 3.80. The van der Waals surface area contributed by atoms with Gasteiger partial charge in [-0.25, -0.2) is 14.8 Å². The first-order chi connectivity index (χ1) is 20.4. The Labute approximate surface area is 242 Å². The van der Waals surface area contributed by atoms with Crippen LogP contribution >= 0.6 is 0 Å². The normalized spacial score (nSPS) is 11.7. The number of rotatable bonds is 7. The highest BCUT2D eigenvalue weighted by Crippen LogP contribution is 2.32. The zero-order chi connectivity index (χ0) is 29.0. The van der Waals surface area contributed by atoms with Crippen LogP contribution in [0.2, 0.25) is 0 Å². The molecule has 4 aromatic carbocycles. The van der Waals surface area contributed by atoms with E-state index in [1.165, 1.54) is 0 Å². The lowest BCUT2D eigenvalue weighted by molar-refractivity contribution is 0.0697. The Morgan fingerprint density at radius 3 is 2.57 bits per heavy atom. The molecule has 0 spiro atoms. The zero-order valence-electron chi connectivity index (χ0n) is 23.8. The van der Waals surface area contributed by atoms with Gasteiger partial charge in [0.25, 0.3) is 0 Å². The van der Waals surface area contributed by atoms with E-state index in [1.54, 1.807) is 12.1 Å². The Morgan fingerprint density at radius 1 is 0.905 bits per heavy atom. The number of nitrogens with zero attached hydrogens (tertiary/aromatic N) is 4. The maximum absolute atomic E-state index is 11.8. The van der Waals surface area contributed by atoms with Gasteiger partial charge in [-0.3, -0.25) is 0 Å². The molecule has 0 bridgehead atoms. The van der Waals surface area contributed by atoms with Crippen LogP contribution in [0.3, 0.4) is 0 Å². The average Bonchev–Trinajstić information content (AvgIpc) is 3.70. The van der Waals surface area contributed by atoms with Gasteiger partial charge in [0.2, 0.25) is 5.89 Å². The predicted molar refractivity (Wildman–Crippen MR) is 166 cm³/mol. The molecule has 42 heavy (non-hydrogen) atoms. The molecule has 0 saturated carbocycles. The van der Waals surface area contributed by atoms with Crippen molar-refractivity contribution >= 4 is 39.0 Å². The van der Waals surface area contributed by atoms with Crippen LogP contribution in [-0.2, 0) is 13.0 Å². The Kier molecular flexibility index (Phi) is 6.16. The molecule has 1 N–H and O–H groups in total. The second-order valence-electron chi connectivity index (χ2n) is 10.9. The van der Waals surface area contributed by atoms with Gasteiger partial charge in [-0.2, -0.15) is 0 Å². The number of benzene rings is 4. The number of aromatic carboxylic acids is 1. The molecule has 0 atom stereocenters. The average molecular weight is 555 g/mol. The second-order valence-corrected chi connectivity index (χ2v) is 10.9. The Hall–Kier alpha value is -5.17. The molecule has 0 aliphatic carbocycles. The standard InChI is InChI=1S/C35H30N4O3/c1-4-8-31-37-32-22(3)17-25(34-36-27-11-7-9-21(2)33(27)42-34)19-30(32)39(31)20-23-13-14-28-24(18-23)15-16-38(28)29-12-6-5-10-26(29)35(40)41/h5-7,9-19H,4,8,20H2,1-3H3,(H,40,41). The summed E-state index contributed by atoms with van der Waals surface area (Å²) in [6, 6.07) is 25.7. The fourth-order valence-corrected chi connectivity index (χ4v) is 5.91. The van der Waals surface area contributed by atoms with Gasteiger partial charge < -0.3 is 18.7 Å². The molecule has 3 aromatic heterocycles. The minimum absolute atomic E-state index is 0.272. The van der Waals surface area contributed by atoms with Crippen LogP contribution in [0.15, 0.2) is 89.5 Å². The molecule has 0 unspecified atom stereocenters. The highest BCUT2D eigenvalue weighted by Gasteiger charge is 2.18. The first kappa shape index (κ1) is 25.8. The minimum Gasteiger partial charge on any atom is -0.478 e. The van der Waals surface area contributed by atoms with Crippen molar-refractivity contribution in [2.45, 2.75) is 40.2 Å². The maximum Gasteiger partial charge on any atom is 0.337 e. The minimum atomic E-state index is -0.942. The maximum atomic E-state index is 11.8. The van der Waals surface area contributed by atoms with E-state index in [2.05, 4.69) is 48.7 Å². The highest BCUT2D eigenvalue weighted by atomic mass is 16.4. The van der Waals surface area contributed by atoms with Gasteiger partial charge in [0.05, 0.1) is 27.8 Å². The number of hydrogen-bond acceptors (Lipinski definition) is 4. The summed E-state index contributed by atoms with van der Waals surface area (Å²) in [5.41, 5.74) is 9.83. The molecule has 7 rings (SSSR count). The number of aryl methyl sites for hydroxylation is 3. The van der Waals surface area contributed by atoms with Crippen LogP contribution in [0.25, 0.3) is 50.2 Å². The van der Waals surface area contributed by atoms with E-state index in [0.29, 0.717) is 18.1 Å². The van der Waals surface area contributed by atoms with Crippen molar-refractivity contribution in [3.63, 3.8) is 0 Å².